The van der Waals surface area contributed by atoms with Crippen molar-refractivity contribution in [2.45, 2.75) is 31.9 Å². The SMILES string of the molecule is CN(C)C(=O)CN1Cc2ccc(N3CC[C@@H](Oc4ccc(OCC5CC5)nc4)C3=O)cc2C1=O. The highest BCUT2D eigenvalue weighted by atomic mass is 16.5. The van der Waals surface area contributed by atoms with Crippen LogP contribution in [0.5, 0.6) is 11.6 Å². The molecule has 0 N–H and O–H groups in total. The van der Waals surface area contributed by atoms with Crippen LogP contribution in [0.1, 0.15) is 35.2 Å². The fraction of sp³-hybridized carbons (Fsp3) is 0.440. The number of amides is 3. The van der Waals surface area contributed by atoms with Crippen molar-refractivity contribution in [3.05, 3.63) is 47.7 Å². The molecule has 1 aromatic heterocycles. The number of pyridine rings is 1. The highest BCUT2D eigenvalue weighted by Gasteiger charge is 2.36. The molecule has 9 heteroatoms. The number of carbonyl (C=O) groups is 3. The van der Waals surface area contributed by atoms with Crippen molar-refractivity contribution >= 4 is 23.4 Å². The first-order chi connectivity index (χ1) is 16.4. The quantitative estimate of drug-likeness (QED) is 0.594. The van der Waals surface area contributed by atoms with Crippen LogP contribution in [0.25, 0.3) is 0 Å². The van der Waals surface area contributed by atoms with Gasteiger partial charge in [0.25, 0.3) is 11.8 Å². The molecule has 3 aliphatic rings. The number of hydrogen-bond acceptors (Lipinski definition) is 6. The number of carbonyl (C=O) groups excluding carboxylic acids is 3. The predicted molar refractivity (Wildman–Crippen MR) is 124 cm³/mol. The zero-order chi connectivity index (χ0) is 23.8. The summed E-state index contributed by atoms with van der Waals surface area (Å²) in [4.78, 5) is 46.8. The van der Waals surface area contributed by atoms with Crippen LogP contribution >= 0.6 is 0 Å². The lowest BCUT2D eigenvalue weighted by Crippen LogP contribution is -2.36. The van der Waals surface area contributed by atoms with Gasteiger partial charge in [-0.3, -0.25) is 14.4 Å². The molecule has 0 unspecified atom stereocenters. The highest BCUT2D eigenvalue weighted by molar-refractivity contribution is 6.03. The zero-order valence-corrected chi connectivity index (χ0v) is 19.4. The molecular weight excluding hydrogens is 436 g/mol. The third-order valence-corrected chi connectivity index (χ3v) is 6.42. The summed E-state index contributed by atoms with van der Waals surface area (Å²) in [6.07, 6.45) is 3.93. The van der Waals surface area contributed by atoms with Crippen molar-refractivity contribution < 1.29 is 23.9 Å². The van der Waals surface area contributed by atoms with E-state index < -0.39 is 6.10 Å². The van der Waals surface area contributed by atoms with Gasteiger partial charge in [-0.15, -0.1) is 0 Å². The maximum absolute atomic E-state index is 13.0. The lowest BCUT2D eigenvalue weighted by molar-refractivity contribution is -0.129. The Hall–Kier alpha value is -3.62. The van der Waals surface area contributed by atoms with Gasteiger partial charge >= 0.3 is 0 Å². The summed E-state index contributed by atoms with van der Waals surface area (Å²) in [5.41, 5.74) is 2.05. The summed E-state index contributed by atoms with van der Waals surface area (Å²) in [5.74, 6) is 1.25. The van der Waals surface area contributed by atoms with E-state index in [2.05, 4.69) is 4.98 Å². The van der Waals surface area contributed by atoms with Crippen molar-refractivity contribution in [1.29, 1.82) is 0 Å². The molecule has 34 heavy (non-hydrogen) atoms. The third-order valence-electron chi connectivity index (χ3n) is 6.42. The van der Waals surface area contributed by atoms with E-state index in [0.29, 0.717) is 54.9 Å². The normalized spacial score (nSPS) is 19.4. The van der Waals surface area contributed by atoms with Crippen molar-refractivity contribution in [1.82, 2.24) is 14.8 Å². The second kappa shape index (κ2) is 8.96. The lowest BCUT2D eigenvalue weighted by atomic mass is 10.1. The Morgan fingerprint density at radius 2 is 1.97 bits per heavy atom. The van der Waals surface area contributed by atoms with Crippen molar-refractivity contribution in [2.75, 3.05) is 38.7 Å². The van der Waals surface area contributed by atoms with E-state index in [1.54, 1.807) is 43.4 Å². The molecule has 0 bridgehead atoms. The molecule has 1 aromatic carbocycles. The van der Waals surface area contributed by atoms with E-state index in [4.69, 9.17) is 9.47 Å². The van der Waals surface area contributed by atoms with Gasteiger partial charge in [-0.1, -0.05) is 6.07 Å². The smallest absolute Gasteiger partial charge is 0.268 e. The summed E-state index contributed by atoms with van der Waals surface area (Å²) >= 11 is 0. The number of aromatic nitrogens is 1. The van der Waals surface area contributed by atoms with Gasteiger partial charge in [-0.25, -0.2) is 4.98 Å². The number of likely N-dealkylation sites (N-methyl/N-ethyl adjacent to an activating group) is 1. The first-order valence-electron chi connectivity index (χ1n) is 11.6. The van der Waals surface area contributed by atoms with Gasteiger partial charge in [-0.2, -0.15) is 0 Å². The van der Waals surface area contributed by atoms with Gasteiger partial charge in [0.1, 0.15) is 12.3 Å². The maximum atomic E-state index is 13.0. The molecule has 5 rings (SSSR count). The molecule has 1 atom stereocenters. The van der Waals surface area contributed by atoms with Crippen LogP contribution in [-0.2, 0) is 16.1 Å². The van der Waals surface area contributed by atoms with Crippen LogP contribution in [0.2, 0.25) is 0 Å². The van der Waals surface area contributed by atoms with Crippen LogP contribution in [0.4, 0.5) is 5.69 Å². The number of anilines is 1. The molecule has 3 heterocycles. The second-order valence-electron chi connectivity index (χ2n) is 9.26. The molecule has 2 aliphatic heterocycles. The molecule has 1 aliphatic carbocycles. The number of rotatable bonds is 8. The topological polar surface area (TPSA) is 92.3 Å². The minimum atomic E-state index is -0.613. The zero-order valence-electron chi connectivity index (χ0n) is 19.4. The van der Waals surface area contributed by atoms with Gasteiger partial charge < -0.3 is 24.2 Å². The van der Waals surface area contributed by atoms with Crippen molar-refractivity contribution in [2.24, 2.45) is 5.92 Å². The molecule has 2 fully saturated rings. The largest absolute Gasteiger partial charge is 0.479 e. The van der Waals surface area contributed by atoms with E-state index in [-0.39, 0.29) is 24.3 Å². The van der Waals surface area contributed by atoms with Crippen molar-refractivity contribution in [3.63, 3.8) is 0 Å². The molecule has 0 spiro atoms. The Balaban J connectivity index is 1.21. The van der Waals surface area contributed by atoms with Crippen LogP contribution in [0.3, 0.4) is 0 Å². The highest BCUT2D eigenvalue weighted by Crippen LogP contribution is 2.31. The molecule has 9 nitrogen and oxygen atoms in total. The Labute approximate surface area is 198 Å². The van der Waals surface area contributed by atoms with E-state index in [1.165, 1.54) is 22.6 Å². The molecule has 1 saturated heterocycles. The van der Waals surface area contributed by atoms with Gasteiger partial charge in [0.2, 0.25) is 11.8 Å². The summed E-state index contributed by atoms with van der Waals surface area (Å²) in [6.45, 7) is 1.61. The molecule has 178 valence electrons. The predicted octanol–water partition coefficient (Wildman–Crippen LogP) is 2.10. The van der Waals surface area contributed by atoms with E-state index in [0.717, 1.165) is 5.56 Å². The van der Waals surface area contributed by atoms with Crippen LogP contribution in [-0.4, -0.2) is 72.4 Å². The third kappa shape index (κ3) is 4.55. The molecule has 3 amide bonds. The summed E-state index contributed by atoms with van der Waals surface area (Å²) in [7, 11) is 3.33. The van der Waals surface area contributed by atoms with Crippen LogP contribution < -0.4 is 14.4 Å². The standard InChI is InChI=1S/C25H28N4O5/c1-27(2)23(30)14-28-13-17-5-6-18(11-20(17)24(28)31)29-10-9-21(25(29)32)34-19-7-8-22(26-12-19)33-15-16-3-4-16/h5-8,11-12,16,21H,3-4,9-10,13-15H2,1-2H3/t21-/m1/s1. The first-order valence-corrected chi connectivity index (χ1v) is 11.6. The Morgan fingerprint density at radius 1 is 1.15 bits per heavy atom. The van der Waals surface area contributed by atoms with Gasteiger partial charge in [0, 0.05) is 50.9 Å². The summed E-state index contributed by atoms with van der Waals surface area (Å²) < 4.78 is 11.5. The number of nitrogens with zero attached hydrogens (tertiary/aromatic N) is 4. The monoisotopic (exact) mass is 464 g/mol. The Bertz CT molecular complexity index is 1110. The average Bonchev–Trinajstić information content (AvgIpc) is 3.53. The first kappa shape index (κ1) is 22.2. The number of hydrogen-bond donors (Lipinski definition) is 0. The van der Waals surface area contributed by atoms with E-state index >= 15 is 0 Å². The van der Waals surface area contributed by atoms with E-state index in [1.807, 2.05) is 12.1 Å². The minimum Gasteiger partial charge on any atom is -0.479 e. The van der Waals surface area contributed by atoms with Crippen LogP contribution in [0.15, 0.2) is 36.5 Å². The number of fused-ring (bicyclic) bond motifs is 1. The van der Waals surface area contributed by atoms with Gasteiger partial charge in [0.15, 0.2) is 6.10 Å². The van der Waals surface area contributed by atoms with Gasteiger partial charge in [-0.05, 0) is 42.5 Å². The van der Waals surface area contributed by atoms with E-state index in [9.17, 15) is 14.4 Å². The minimum absolute atomic E-state index is 0.0346. The molecule has 2 aromatic rings. The summed E-state index contributed by atoms with van der Waals surface area (Å²) in [5, 5.41) is 0. The Morgan fingerprint density at radius 3 is 2.68 bits per heavy atom. The average molecular weight is 465 g/mol. The molecule has 0 radical (unpaired) electrons. The fourth-order valence-corrected chi connectivity index (χ4v) is 4.14. The number of ether oxygens (including phenoxy) is 2. The Kier molecular flexibility index (Phi) is 5.85. The summed E-state index contributed by atoms with van der Waals surface area (Å²) in [6, 6.07) is 8.97. The van der Waals surface area contributed by atoms with Gasteiger partial charge in [0.05, 0.1) is 12.8 Å². The molecule has 1 saturated carbocycles. The lowest BCUT2D eigenvalue weighted by Gasteiger charge is -2.18. The fourth-order valence-electron chi connectivity index (χ4n) is 4.14. The van der Waals surface area contributed by atoms with Crippen molar-refractivity contribution in [3.8, 4) is 11.6 Å². The second-order valence-corrected chi connectivity index (χ2v) is 9.26. The van der Waals surface area contributed by atoms with Crippen LogP contribution in [0, 0.1) is 5.92 Å². The maximum Gasteiger partial charge on any atom is 0.268 e. The number of benzene rings is 1. The molecular formula is C25H28N4O5.